The lowest BCUT2D eigenvalue weighted by molar-refractivity contribution is 0.396. The van der Waals surface area contributed by atoms with Gasteiger partial charge in [-0.3, -0.25) is 14.3 Å². The molecule has 0 spiro atoms. The van der Waals surface area contributed by atoms with Gasteiger partial charge in [-0.25, -0.2) is 4.79 Å². The van der Waals surface area contributed by atoms with E-state index < -0.39 is 11.2 Å². The van der Waals surface area contributed by atoms with Crippen LogP contribution in [0, 0.1) is 0 Å². The van der Waals surface area contributed by atoms with Gasteiger partial charge < -0.3 is 9.26 Å². The first-order valence-electron chi connectivity index (χ1n) is 5.83. The van der Waals surface area contributed by atoms with E-state index in [1.807, 2.05) is 13.8 Å². The molecular weight excluding hydrogens is 250 g/mol. The number of nitrogens with zero attached hydrogens (tertiary/aromatic N) is 2. The fourth-order valence-corrected chi connectivity index (χ4v) is 1.77. The van der Waals surface area contributed by atoms with Gasteiger partial charge >= 0.3 is 5.69 Å². The average molecular weight is 265 g/mol. The van der Waals surface area contributed by atoms with Crippen molar-refractivity contribution in [3.05, 3.63) is 44.6 Å². The number of nitrogens with one attached hydrogen (secondary N) is 1. The summed E-state index contributed by atoms with van der Waals surface area (Å²) in [5.74, 6) is 0.316. The van der Waals surface area contributed by atoms with Crippen LogP contribution in [0.4, 0.5) is 0 Å². The standard InChI is InChI=1S/C12H15N3O4/c1-7(2)8-6-19-14-9(8)4-15-5-10(18-3)11(16)13-12(15)17/h5-7H,4H2,1-3H3,(H,13,16,17). The minimum Gasteiger partial charge on any atom is -0.490 e. The molecule has 0 saturated carbocycles. The third-order valence-electron chi connectivity index (χ3n) is 2.82. The minimum atomic E-state index is -0.548. The van der Waals surface area contributed by atoms with Crippen molar-refractivity contribution in [2.45, 2.75) is 26.3 Å². The van der Waals surface area contributed by atoms with Crippen molar-refractivity contribution in [3.8, 4) is 5.75 Å². The van der Waals surface area contributed by atoms with Gasteiger partial charge in [-0.15, -0.1) is 0 Å². The number of aromatic nitrogens is 3. The van der Waals surface area contributed by atoms with Gasteiger partial charge in [0.05, 0.1) is 19.9 Å². The summed E-state index contributed by atoms with van der Waals surface area (Å²) < 4.78 is 11.1. The predicted octanol–water partition coefficient (Wildman–Crippen LogP) is 0.705. The highest BCUT2D eigenvalue weighted by Gasteiger charge is 2.13. The molecule has 0 atom stereocenters. The summed E-state index contributed by atoms with van der Waals surface area (Å²) >= 11 is 0. The predicted molar refractivity (Wildman–Crippen MR) is 67.6 cm³/mol. The Balaban J connectivity index is 2.41. The molecule has 0 unspecified atom stereocenters. The zero-order valence-corrected chi connectivity index (χ0v) is 11.0. The molecule has 1 N–H and O–H groups in total. The highest BCUT2D eigenvalue weighted by atomic mass is 16.5. The maximum Gasteiger partial charge on any atom is 0.328 e. The second-order valence-corrected chi connectivity index (χ2v) is 4.46. The van der Waals surface area contributed by atoms with Crippen LogP contribution in [-0.4, -0.2) is 21.8 Å². The highest BCUT2D eigenvalue weighted by Crippen LogP contribution is 2.18. The number of hydrogen-bond donors (Lipinski definition) is 1. The van der Waals surface area contributed by atoms with Crippen molar-refractivity contribution in [2.24, 2.45) is 0 Å². The molecule has 0 amide bonds. The molecule has 0 aliphatic heterocycles. The van der Waals surface area contributed by atoms with E-state index in [0.29, 0.717) is 5.69 Å². The van der Waals surface area contributed by atoms with Crippen LogP contribution in [0.2, 0.25) is 0 Å². The number of hydrogen-bond acceptors (Lipinski definition) is 5. The summed E-state index contributed by atoms with van der Waals surface area (Å²) in [4.78, 5) is 25.3. The van der Waals surface area contributed by atoms with E-state index in [1.54, 1.807) is 6.26 Å². The van der Waals surface area contributed by atoms with Crippen LogP contribution in [0.15, 0.2) is 26.6 Å². The lowest BCUT2D eigenvalue weighted by Gasteiger charge is -2.07. The second kappa shape index (κ2) is 5.13. The number of methoxy groups -OCH3 is 1. The first kappa shape index (κ1) is 13.1. The molecule has 0 radical (unpaired) electrons. The Kier molecular flexibility index (Phi) is 3.55. The molecule has 0 bridgehead atoms. The van der Waals surface area contributed by atoms with Crippen LogP contribution in [0.5, 0.6) is 5.75 Å². The van der Waals surface area contributed by atoms with E-state index in [0.717, 1.165) is 5.56 Å². The summed E-state index contributed by atoms with van der Waals surface area (Å²) in [5, 5.41) is 3.88. The quantitative estimate of drug-likeness (QED) is 0.879. The highest BCUT2D eigenvalue weighted by molar-refractivity contribution is 5.20. The van der Waals surface area contributed by atoms with Crippen LogP contribution in [-0.2, 0) is 6.54 Å². The average Bonchev–Trinajstić information content (AvgIpc) is 2.81. The summed E-state index contributed by atoms with van der Waals surface area (Å²) in [6.45, 7) is 4.23. The van der Waals surface area contributed by atoms with Crippen molar-refractivity contribution < 1.29 is 9.26 Å². The summed E-state index contributed by atoms with van der Waals surface area (Å²) in [5.41, 5.74) is 0.528. The van der Waals surface area contributed by atoms with Gasteiger partial charge in [0, 0.05) is 5.56 Å². The largest absolute Gasteiger partial charge is 0.490 e. The van der Waals surface area contributed by atoms with Crippen molar-refractivity contribution in [2.75, 3.05) is 7.11 Å². The third-order valence-corrected chi connectivity index (χ3v) is 2.82. The maximum absolute atomic E-state index is 11.7. The van der Waals surface area contributed by atoms with Gasteiger partial charge in [0.2, 0.25) is 5.75 Å². The Labute approximate surface area is 108 Å². The summed E-state index contributed by atoms with van der Waals surface area (Å²) in [6.07, 6.45) is 2.92. The smallest absolute Gasteiger partial charge is 0.328 e. The monoisotopic (exact) mass is 265 g/mol. The molecule has 0 aromatic carbocycles. The molecule has 2 aromatic rings. The molecule has 7 heteroatoms. The van der Waals surface area contributed by atoms with Gasteiger partial charge in [-0.2, -0.15) is 0 Å². The first-order chi connectivity index (χ1) is 9.02. The summed E-state index contributed by atoms with van der Waals surface area (Å²) in [7, 11) is 1.37. The zero-order valence-electron chi connectivity index (χ0n) is 11.0. The van der Waals surface area contributed by atoms with E-state index in [-0.39, 0.29) is 18.2 Å². The Bertz CT molecular complexity index is 681. The maximum atomic E-state index is 11.7. The van der Waals surface area contributed by atoms with Crippen LogP contribution < -0.4 is 16.0 Å². The minimum absolute atomic E-state index is 0.0780. The van der Waals surface area contributed by atoms with Gasteiger partial charge in [0.1, 0.15) is 12.0 Å². The number of rotatable bonds is 4. The third kappa shape index (κ3) is 2.59. The number of ether oxygens (including phenoxy) is 1. The van der Waals surface area contributed by atoms with E-state index in [9.17, 15) is 9.59 Å². The number of H-pyrrole nitrogens is 1. The van der Waals surface area contributed by atoms with Gasteiger partial charge in [-0.1, -0.05) is 19.0 Å². The fourth-order valence-electron chi connectivity index (χ4n) is 1.77. The van der Waals surface area contributed by atoms with Gasteiger partial charge in [0.25, 0.3) is 5.56 Å². The molecule has 0 aliphatic rings. The molecule has 19 heavy (non-hydrogen) atoms. The molecule has 7 nitrogen and oxygen atoms in total. The Morgan fingerprint density at radius 1 is 1.47 bits per heavy atom. The van der Waals surface area contributed by atoms with E-state index in [4.69, 9.17) is 9.26 Å². The molecule has 0 aliphatic carbocycles. The van der Waals surface area contributed by atoms with E-state index >= 15 is 0 Å². The molecule has 2 heterocycles. The topological polar surface area (TPSA) is 90.1 Å². The van der Waals surface area contributed by atoms with Crippen molar-refractivity contribution in [3.63, 3.8) is 0 Å². The Morgan fingerprint density at radius 3 is 2.84 bits per heavy atom. The van der Waals surface area contributed by atoms with Crippen LogP contribution in [0.25, 0.3) is 0 Å². The van der Waals surface area contributed by atoms with Crippen molar-refractivity contribution in [1.82, 2.24) is 14.7 Å². The normalized spacial score (nSPS) is 10.9. The molecule has 0 saturated heterocycles. The molecule has 2 rings (SSSR count). The second-order valence-electron chi connectivity index (χ2n) is 4.46. The molecule has 102 valence electrons. The lowest BCUT2D eigenvalue weighted by atomic mass is 10.0. The molecule has 2 aromatic heterocycles. The Morgan fingerprint density at radius 2 is 2.21 bits per heavy atom. The van der Waals surface area contributed by atoms with E-state index in [1.165, 1.54) is 17.9 Å². The lowest BCUT2D eigenvalue weighted by Crippen LogP contribution is -2.30. The van der Waals surface area contributed by atoms with E-state index in [2.05, 4.69) is 10.1 Å². The van der Waals surface area contributed by atoms with Gasteiger partial charge in [0.15, 0.2) is 0 Å². The summed E-state index contributed by atoms with van der Waals surface area (Å²) in [6, 6.07) is 0. The van der Waals surface area contributed by atoms with Crippen molar-refractivity contribution in [1.29, 1.82) is 0 Å². The molecule has 0 fully saturated rings. The SMILES string of the molecule is COc1cn(Cc2nocc2C(C)C)c(=O)[nH]c1=O. The Hall–Kier alpha value is -2.31. The van der Waals surface area contributed by atoms with Crippen LogP contribution in [0.3, 0.4) is 0 Å². The van der Waals surface area contributed by atoms with Crippen LogP contribution >= 0.6 is 0 Å². The fraction of sp³-hybridized carbons (Fsp3) is 0.417. The zero-order chi connectivity index (χ0) is 14.0. The number of aromatic amines is 1. The van der Waals surface area contributed by atoms with Crippen molar-refractivity contribution >= 4 is 0 Å². The molecular formula is C12H15N3O4. The first-order valence-corrected chi connectivity index (χ1v) is 5.83. The van der Waals surface area contributed by atoms with Gasteiger partial charge in [-0.05, 0) is 5.92 Å². The van der Waals surface area contributed by atoms with Crippen LogP contribution in [0.1, 0.15) is 31.0 Å².